The Balaban J connectivity index is 2.80. The summed E-state index contributed by atoms with van der Waals surface area (Å²) in [5.74, 6) is -1.08. The molecule has 1 aromatic rings. The number of carboxylic acids is 1. The quantitative estimate of drug-likeness (QED) is 0.846. The molecular weight excluding hydrogens is 300 g/mol. The van der Waals surface area contributed by atoms with E-state index < -0.39 is 18.5 Å². The molecule has 5 nitrogen and oxygen atoms in total. The Labute approximate surface area is 127 Å². The van der Waals surface area contributed by atoms with E-state index >= 15 is 0 Å². The Bertz CT molecular complexity index is 467. The van der Waals surface area contributed by atoms with Gasteiger partial charge in [-0.15, -0.1) is 0 Å². The number of benzene rings is 1. The first-order valence-corrected chi connectivity index (χ1v) is 7.66. The molecule has 110 valence electrons. The third-order valence-electron chi connectivity index (χ3n) is 2.62. The molecule has 1 atom stereocenters. The number of nitrogens with zero attached hydrogens (tertiary/aromatic N) is 1. The predicted molar refractivity (Wildman–Crippen MR) is 82.8 cm³/mol. The summed E-state index contributed by atoms with van der Waals surface area (Å²) in [4.78, 5) is 24.2. The fraction of sp³-hybridized carbons (Fsp3) is 0.385. The number of nitrogens with one attached hydrogen (secondary N) is 1. The second-order valence-electron chi connectivity index (χ2n) is 4.19. The van der Waals surface area contributed by atoms with Crippen LogP contribution in [-0.2, 0) is 4.79 Å². The molecule has 0 aliphatic heterocycles. The molecule has 2 amide bonds. The molecule has 0 heterocycles. The number of anilines is 1. The van der Waals surface area contributed by atoms with Gasteiger partial charge in [0.2, 0.25) is 0 Å². The topological polar surface area (TPSA) is 69.6 Å². The van der Waals surface area contributed by atoms with Crippen molar-refractivity contribution in [3.8, 4) is 0 Å². The van der Waals surface area contributed by atoms with Gasteiger partial charge in [0.15, 0.2) is 0 Å². The summed E-state index contributed by atoms with van der Waals surface area (Å²) in [6, 6.07) is 6.02. The monoisotopic (exact) mass is 316 g/mol. The summed E-state index contributed by atoms with van der Waals surface area (Å²) in [6.07, 6.45) is 1.95. The van der Waals surface area contributed by atoms with Gasteiger partial charge in [0.25, 0.3) is 0 Å². The smallest absolute Gasteiger partial charge is 0.323 e. The van der Waals surface area contributed by atoms with Gasteiger partial charge < -0.3 is 10.4 Å². The highest BCUT2D eigenvalue weighted by molar-refractivity contribution is 7.99. The summed E-state index contributed by atoms with van der Waals surface area (Å²) >= 11 is 7.41. The third-order valence-corrected chi connectivity index (χ3v) is 3.84. The summed E-state index contributed by atoms with van der Waals surface area (Å²) < 4.78 is 0. The fourth-order valence-electron chi connectivity index (χ4n) is 1.45. The van der Waals surface area contributed by atoms with Gasteiger partial charge in [0.05, 0.1) is 0 Å². The molecule has 0 saturated carbocycles. The highest BCUT2D eigenvalue weighted by Crippen LogP contribution is 2.18. The van der Waals surface area contributed by atoms with Crippen LogP contribution in [0.3, 0.4) is 0 Å². The van der Waals surface area contributed by atoms with Crippen LogP contribution in [0.25, 0.3) is 0 Å². The van der Waals surface area contributed by atoms with E-state index in [-0.39, 0.29) is 5.25 Å². The number of rotatable bonds is 6. The van der Waals surface area contributed by atoms with Crippen LogP contribution in [0, 0.1) is 0 Å². The molecule has 7 heteroatoms. The second kappa shape index (κ2) is 8.01. The van der Waals surface area contributed by atoms with Crippen LogP contribution in [0.2, 0.25) is 5.02 Å². The molecular formula is C13H17ClN2O3S. The lowest BCUT2D eigenvalue weighted by molar-refractivity contribution is -0.135. The minimum atomic E-state index is -1.08. The van der Waals surface area contributed by atoms with E-state index in [1.165, 1.54) is 4.90 Å². The zero-order chi connectivity index (χ0) is 15.1. The van der Waals surface area contributed by atoms with Crippen LogP contribution >= 0.6 is 23.4 Å². The Kier molecular flexibility index (Phi) is 6.67. The Morgan fingerprint density at radius 3 is 2.50 bits per heavy atom. The number of hydrogen-bond acceptors (Lipinski definition) is 3. The number of thioether (sulfide) groups is 1. The molecule has 0 spiro atoms. The van der Waals surface area contributed by atoms with E-state index in [4.69, 9.17) is 16.7 Å². The van der Waals surface area contributed by atoms with Crippen molar-refractivity contribution in [2.45, 2.75) is 12.2 Å². The van der Waals surface area contributed by atoms with E-state index in [0.717, 1.165) is 0 Å². The number of aliphatic carboxylic acids is 1. The standard InChI is InChI=1S/C13H17ClN2O3S/c1-9(20-2)7-15-13(19)16(8-12(17)18)11-5-3-10(14)4-6-11/h3-6,9H,7-8H2,1-2H3,(H,15,19)(H,17,18). The first kappa shape index (κ1) is 16.7. The first-order valence-electron chi connectivity index (χ1n) is 5.99. The first-order chi connectivity index (χ1) is 9.43. The summed E-state index contributed by atoms with van der Waals surface area (Å²) in [6.45, 7) is 2.06. The van der Waals surface area contributed by atoms with Crippen LogP contribution < -0.4 is 10.2 Å². The van der Waals surface area contributed by atoms with E-state index in [9.17, 15) is 9.59 Å². The van der Waals surface area contributed by atoms with Gasteiger partial charge in [-0.25, -0.2) is 4.79 Å². The van der Waals surface area contributed by atoms with Crippen molar-refractivity contribution in [1.82, 2.24) is 5.32 Å². The van der Waals surface area contributed by atoms with Gasteiger partial charge in [-0.3, -0.25) is 9.69 Å². The van der Waals surface area contributed by atoms with Crippen LogP contribution in [0.4, 0.5) is 10.5 Å². The minimum absolute atomic E-state index is 0.260. The molecule has 20 heavy (non-hydrogen) atoms. The van der Waals surface area contributed by atoms with E-state index in [1.54, 1.807) is 36.0 Å². The van der Waals surface area contributed by atoms with Crippen LogP contribution in [-0.4, -0.2) is 41.7 Å². The van der Waals surface area contributed by atoms with Crippen molar-refractivity contribution in [2.24, 2.45) is 0 Å². The number of amides is 2. The predicted octanol–water partition coefficient (Wildman–Crippen LogP) is 2.69. The zero-order valence-electron chi connectivity index (χ0n) is 11.3. The molecule has 0 bridgehead atoms. The maximum Gasteiger partial charge on any atom is 0.323 e. The third kappa shape index (κ3) is 5.30. The molecule has 1 unspecified atom stereocenters. The van der Waals surface area contributed by atoms with E-state index in [0.29, 0.717) is 17.3 Å². The summed E-state index contributed by atoms with van der Waals surface area (Å²) in [5.41, 5.74) is 0.492. The van der Waals surface area contributed by atoms with Crippen molar-refractivity contribution in [2.75, 3.05) is 24.2 Å². The van der Waals surface area contributed by atoms with Gasteiger partial charge in [0.1, 0.15) is 6.54 Å². The van der Waals surface area contributed by atoms with Gasteiger partial charge >= 0.3 is 12.0 Å². The number of carbonyl (C=O) groups excluding carboxylic acids is 1. The zero-order valence-corrected chi connectivity index (χ0v) is 12.9. The molecule has 1 rings (SSSR count). The Hall–Kier alpha value is -1.40. The van der Waals surface area contributed by atoms with Crippen molar-refractivity contribution in [1.29, 1.82) is 0 Å². The molecule has 1 aromatic carbocycles. The van der Waals surface area contributed by atoms with Crippen molar-refractivity contribution >= 4 is 41.1 Å². The maximum absolute atomic E-state index is 12.1. The highest BCUT2D eigenvalue weighted by atomic mass is 35.5. The lowest BCUT2D eigenvalue weighted by atomic mass is 10.3. The number of urea groups is 1. The summed E-state index contributed by atoms with van der Waals surface area (Å²) in [7, 11) is 0. The molecule has 0 fully saturated rings. The van der Waals surface area contributed by atoms with Gasteiger partial charge in [-0.1, -0.05) is 18.5 Å². The van der Waals surface area contributed by atoms with E-state index in [1.807, 2.05) is 13.2 Å². The number of halogens is 1. The highest BCUT2D eigenvalue weighted by Gasteiger charge is 2.19. The SMILES string of the molecule is CSC(C)CNC(=O)N(CC(=O)O)c1ccc(Cl)cc1. The normalized spacial score (nSPS) is 11.8. The van der Waals surface area contributed by atoms with Crippen LogP contribution in [0.5, 0.6) is 0 Å². The van der Waals surface area contributed by atoms with Gasteiger partial charge in [-0.05, 0) is 30.5 Å². The van der Waals surface area contributed by atoms with Crippen LogP contribution in [0.15, 0.2) is 24.3 Å². The molecule has 0 saturated heterocycles. The van der Waals surface area contributed by atoms with Gasteiger partial charge in [-0.2, -0.15) is 11.8 Å². The maximum atomic E-state index is 12.1. The lowest BCUT2D eigenvalue weighted by Crippen LogP contribution is -2.44. The second-order valence-corrected chi connectivity index (χ2v) is 5.90. The largest absolute Gasteiger partial charge is 0.480 e. The number of carbonyl (C=O) groups is 2. The number of carboxylic acid groups (broad SMARTS) is 1. The van der Waals surface area contributed by atoms with Gasteiger partial charge in [0, 0.05) is 22.5 Å². The van der Waals surface area contributed by atoms with Crippen molar-refractivity contribution in [3.63, 3.8) is 0 Å². The molecule has 0 aliphatic carbocycles. The minimum Gasteiger partial charge on any atom is -0.480 e. The van der Waals surface area contributed by atoms with E-state index in [2.05, 4.69) is 5.32 Å². The Morgan fingerprint density at radius 2 is 2.00 bits per heavy atom. The lowest BCUT2D eigenvalue weighted by Gasteiger charge is -2.22. The van der Waals surface area contributed by atoms with Crippen molar-refractivity contribution < 1.29 is 14.7 Å². The molecule has 0 aliphatic rings. The fourth-order valence-corrected chi connectivity index (χ4v) is 1.82. The average Bonchev–Trinajstić information content (AvgIpc) is 2.42. The van der Waals surface area contributed by atoms with Crippen molar-refractivity contribution in [3.05, 3.63) is 29.3 Å². The number of hydrogen-bond donors (Lipinski definition) is 2. The average molecular weight is 317 g/mol. The molecule has 0 aromatic heterocycles. The molecule has 2 N–H and O–H groups in total. The van der Waals surface area contributed by atoms with Crippen LogP contribution in [0.1, 0.15) is 6.92 Å². The molecule has 0 radical (unpaired) electrons. The summed E-state index contributed by atoms with van der Waals surface area (Å²) in [5, 5.41) is 12.4. The Morgan fingerprint density at radius 1 is 1.40 bits per heavy atom.